The average molecular weight is 485 g/mol. The van der Waals surface area contributed by atoms with Crippen LogP contribution in [0, 0.1) is 5.82 Å². The fraction of sp³-hybridized carbons (Fsp3) is 0.250. The predicted octanol–water partition coefficient (Wildman–Crippen LogP) is 3.52. The van der Waals surface area contributed by atoms with Crippen molar-refractivity contribution in [1.29, 1.82) is 0 Å². The van der Waals surface area contributed by atoms with E-state index in [1.165, 1.54) is 19.2 Å². The van der Waals surface area contributed by atoms with Crippen molar-refractivity contribution in [1.82, 2.24) is 15.1 Å². The number of carbonyl (C=O) groups is 1. The lowest BCUT2D eigenvalue weighted by Crippen LogP contribution is -2.52. The van der Waals surface area contributed by atoms with E-state index in [9.17, 15) is 14.3 Å². The maximum Gasteiger partial charge on any atom is 0.251 e. The van der Waals surface area contributed by atoms with Gasteiger partial charge in [0.15, 0.2) is 0 Å². The van der Waals surface area contributed by atoms with Crippen molar-refractivity contribution < 1.29 is 14.3 Å². The fourth-order valence-corrected chi connectivity index (χ4v) is 4.21. The molecule has 1 atom stereocenters. The van der Waals surface area contributed by atoms with Crippen molar-refractivity contribution in [2.45, 2.75) is 26.1 Å². The number of fused-ring (bicyclic) bond motifs is 1. The fourth-order valence-electron chi connectivity index (χ4n) is 4.09. The topological polar surface area (TPSA) is 106 Å². The highest BCUT2D eigenvalue weighted by molar-refractivity contribution is 6.32. The highest BCUT2D eigenvalue weighted by atomic mass is 35.5. The van der Waals surface area contributed by atoms with Crippen molar-refractivity contribution >= 4 is 34.7 Å². The van der Waals surface area contributed by atoms with E-state index in [1.54, 1.807) is 12.1 Å². The van der Waals surface area contributed by atoms with Gasteiger partial charge in [0.1, 0.15) is 23.6 Å². The molecule has 178 valence electrons. The number of aliphatic imine (C=N–C) groups is 1. The van der Waals surface area contributed by atoms with Gasteiger partial charge in [0.2, 0.25) is 5.96 Å². The Morgan fingerprint density at radius 1 is 1.26 bits per heavy atom. The molecule has 4 rings (SSSR count). The normalized spacial score (nSPS) is 17.6. The molecule has 1 amide bonds. The first-order valence-electron chi connectivity index (χ1n) is 10.7. The molecule has 0 bridgehead atoms. The lowest BCUT2D eigenvalue weighted by molar-refractivity contribution is 0.0962. The molecule has 2 heterocycles. The van der Waals surface area contributed by atoms with Crippen molar-refractivity contribution in [3.63, 3.8) is 0 Å². The van der Waals surface area contributed by atoms with Crippen LogP contribution in [0.3, 0.4) is 0 Å². The van der Waals surface area contributed by atoms with Gasteiger partial charge in [-0.25, -0.2) is 4.39 Å². The number of hydrogen-bond acceptors (Lipinski definition) is 7. The Morgan fingerprint density at radius 2 is 2.00 bits per heavy atom. The first-order chi connectivity index (χ1) is 16.1. The predicted molar refractivity (Wildman–Crippen MR) is 132 cm³/mol. The molecule has 10 heteroatoms. The third-order valence-corrected chi connectivity index (χ3v) is 6.19. The van der Waals surface area contributed by atoms with E-state index in [4.69, 9.17) is 17.3 Å². The summed E-state index contributed by atoms with van der Waals surface area (Å²) in [4.78, 5) is 20.3. The number of likely N-dealkylation sites (N-methyl/N-ethyl adjacent to an activating group) is 1. The van der Waals surface area contributed by atoms with Crippen LogP contribution in [-0.2, 0) is 0 Å². The average Bonchev–Trinajstić information content (AvgIpc) is 3.21. The van der Waals surface area contributed by atoms with E-state index in [0.717, 1.165) is 22.8 Å². The second-order valence-electron chi connectivity index (χ2n) is 8.37. The van der Waals surface area contributed by atoms with E-state index in [2.05, 4.69) is 34.4 Å². The van der Waals surface area contributed by atoms with Crippen LogP contribution >= 0.6 is 11.6 Å². The summed E-state index contributed by atoms with van der Waals surface area (Å²) in [5, 5.41) is 15.9. The van der Waals surface area contributed by atoms with Crippen molar-refractivity contribution in [2.24, 2.45) is 10.7 Å². The Hall–Kier alpha value is -3.72. The molecule has 5 N–H and O–H groups in total. The lowest BCUT2D eigenvalue weighted by Gasteiger charge is -2.40. The molecule has 2 aromatic rings. The molecule has 0 fully saturated rings. The Balaban J connectivity index is 1.73. The van der Waals surface area contributed by atoms with Crippen LogP contribution in [-0.4, -0.2) is 53.1 Å². The van der Waals surface area contributed by atoms with Crippen LogP contribution in [0.5, 0.6) is 5.75 Å². The number of carbonyl (C=O) groups excluding carboxylic acids is 1. The zero-order chi connectivity index (χ0) is 24.7. The zero-order valence-electron chi connectivity index (χ0n) is 19.2. The maximum absolute atomic E-state index is 14.7. The van der Waals surface area contributed by atoms with Crippen LogP contribution in [0.4, 0.5) is 10.1 Å². The minimum Gasteiger partial charge on any atom is -0.506 e. The number of nitrogens with one attached hydrogen (secondary N) is 2. The van der Waals surface area contributed by atoms with Gasteiger partial charge in [0, 0.05) is 43.0 Å². The number of amides is 1. The van der Waals surface area contributed by atoms with Crippen LogP contribution in [0.15, 0.2) is 59.0 Å². The highest BCUT2D eigenvalue weighted by Crippen LogP contribution is 2.42. The van der Waals surface area contributed by atoms with Crippen LogP contribution < -0.4 is 16.4 Å². The maximum atomic E-state index is 14.7. The molecular formula is C24H26ClFN6O2. The van der Waals surface area contributed by atoms with E-state index >= 15 is 0 Å². The van der Waals surface area contributed by atoms with E-state index in [1.807, 2.05) is 24.2 Å². The SMILES string of the molecule is CNC(=O)c1ccc(NC2=NC(N)=C3C(c4ccc(Cl)c(O)c4)=CN(C(C)C)C3N2C)c(F)c1. The molecule has 2 aromatic carbocycles. The molecule has 0 aliphatic carbocycles. The number of rotatable bonds is 4. The monoisotopic (exact) mass is 484 g/mol. The van der Waals surface area contributed by atoms with Gasteiger partial charge < -0.3 is 31.3 Å². The van der Waals surface area contributed by atoms with Gasteiger partial charge in [0.05, 0.1) is 10.7 Å². The molecule has 0 saturated heterocycles. The summed E-state index contributed by atoms with van der Waals surface area (Å²) < 4.78 is 14.7. The van der Waals surface area contributed by atoms with Crippen molar-refractivity contribution in [2.75, 3.05) is 19.4 Å². The Kier molecular flexibility index (Phi) is 6.14. The number of hydrogen-bond donors (Lipinski definition) is 4. The molecular weight excluding hydrogens is 459 g/mol. The third-order valence-electron chi connectivity index (χ3n) is 5.87. The molecule has 2 aliphatic heterocycles. The van der Waals surface area contributed by atoms with E-state index < -0.39 is 5.82 Å². The van der Waals surface area contributed by atoms with Gasteiger partial charge in [-0.1, -0.05) is 17.7 Å². The number of nitrogens with zero attached hydrogens (tertiary/aromatic N) is 3. The van der Waals surface area contributed by atoms with Gasteiger partial charge in [-0.3, -0.25) is 4.79 Å². The minimum atomic E-state index is -0.590. The molecule has 0 spiro atoms. The molecule has 0 aromatic heterocycles. The van der Waals surface area contributed by atoms with Gasteiger partial charge in [0.25, 0.3) is 5.91 Å². The standard InChI is InChI=1S/C24H26ClFN6O2/c1-12(2)32-11-15(13-5-7-16(25)19(33)10-13)20-21(27)30-24(31(4)23(20)32)29-18-8-6-14(9-17(18)26)22(34)28-3/h5-12,23,33H,27H2,1-4H3,(H,28,34)(H,29,30). The van der Waals surface area contributed by atoms with E-state index in [0.29, 0.717) is 5.96 Å². The first-order valence-corrected chi connectivity index (χ1v) is 11.1. The number of guanidine groups is 1. The van der Waals surface area contributed by atoms with Crippen molar-refractivity contribution in [3.8, 4) is 5.75 Å². The summed E-state index contributed by atoms with van der Waals surface area (Å²) in [5.41, 5.74) is 9.16. The Morgan fingerprint density at radius 3 is 2.62 bits per heavy atom. The van der Waals surface area contributed by atoms with Gasteiger partial charge in [-0.05, 0) is 49.7 Å². The number of nitrogens with two attached hydrogens (primary N) is 1. The molecule has 1 unspecified atom stereocenters. The number of phenolic OH excluding ortho intramolecular Hbond substituents is 1. The molecule has 8 nitrogen and oxygen atoms in total. The minimum absolute atomic E-state index is 0.0236. The van der Waals surface area contributed by atoms with Gasteiger partial charge in [-0.2, -0.15) is 4.99 Å². The summed E-state index contributed by atoms with van der Waals surface area (Å²) in [6.45, 7) is 4.10. The summed E-state index contributed by atoms with van der Waals surface area (Å²) in [6, 6.07) is 9.33. The molecule has 2 aliphatic rings. The highest BCUT2D eigenvalue weighted by Gasteiger charge is 2.40. The second kappa shape index (κ2) is 8.90. The van der Waals surface area contributed by atoms with Crippen LogP contribution in [0.25, 0.3) is 5.57 Å². The number of halogens is 2. The summed E-state index contributed by atoms with van der Waals surface area (Å²) in [6.07, 6.45) is 1.68. The van der Waals surface area contributed by atoms with Gasteiger partial charge >= 0.3 is 0 Å². The largest absolute Gasteiger partial charge is 0.506 e. The molecule has 34 heavy (non-hydrogen) atoms. The number of aromatic hydroxyl groups is 1. The summed E-state index contributed by atoms with van der Waals surface area (Å²) >= 11 is 5.99. The van der Waals surface area contributed by atoms with Crippen molar-refractivity contribution in [3.05, 3.63) is 76.0 Å². The summed E-state index contributed by atoms with van der Waals surface area (Å²) in [7, 11) is 3.33. The van der Waals surface area contributed by atoms with E-state index in [-0.39, 0.29) is 46.0 Å². The zero-order valence-corrected chi connectivity index (χ0v) is 20.0. The summed E-state index contributed by atoms with van der Waals surface area (Å²) in [5.74, 6) is -0.355. The molecule has 0 radical (unpaired) electrons. The first kappa shape index (κ1) is 23.4. The second-order valence-corrected chi connectivity index (χ2v) is 8.77. The third kappa shape index (κ3) is 4.03. The lowest BCUT2D eigenvalue weighted by atomic mass is 9.97. The van der Waals surface area contributed by atoms with Crippen LogP contribution in [0.2, 0.25) is 5.02 Å². The quantitative estimate of drug-likeness (QED) is 0.529. The van der Waals surface area contributed by atoms with Crippen LogP contribution in [0.1, 0.15) is 29.8 Å². The number of anilines is 1. The number of benzene rings is 2. The van der Waals surface area contributed by atoms with Gasteiger partial charge in [-0.15, -0.1) is 0 Å². The molecule has 0 saturated carbocycles. The Labute approximate surface area is 202 Å². The number of phenols is 1. The smallest absolute Gasteiger partial charge is 0.251 e. The Bertz CT molecular complexity index is 1260.